The van der Waals surface area contributed by atoms with Gasteiger partial charge in [-0.15, -0.1) is 0 Å². The van der Waals surface area contributed by atoms with Gasteiger partial charge in [0.2, 0.25) is 5.91 Å². The molecular formula is C13H27N3O2. The highest BCUT2D eigenvalue weighted by Gasteiger charge is 2.40. The number of amides is 1. The molecule has 4 N–H and O–H groups in total. The van der Waals surface area contributed by atoms with Crippen LogP contribution in [0, 0.1) is 10.8 Å². The summed E-state index contributed by atoms with van der Waals surface area (Å²) in [6.07, 6.45) is 2.00. The van der Waals surface area contributed by atoms with E-state index in [1.807, 2.05) is 13.8 Å². The van der Waals surface area contributed by atoms with Gasteiger partial charge >= 0.3 is 0 Å². The van der Waals surface area contributed by atoms with Crippen molar-refractivity contribution in [3.05, 3.63) is 0 Å². The summed E-state index contributed by atoms with van der Waals surface area (Å²) in [4.78, 5) is 12.3. The molecule has 0 bridgehead atoms. The number of amidine groups is 1. The summed E-state index contributed by atoms with van der Waals surface area (Å²) in [6, 6.07) is 0. The highest BCUT2D eigenvalue weighted by atomic mass is 16.4. The zero-order valence-electron chi connectivity index (χ0n) is 12.2. The van der Waals surface area contributed by atoms with E-state index in [1.165, 1.54) is 0 Å². The van der Waals surface area contributed by atoms with Crippen molar-refractivity contribution in [2.75, 3.05) is 6.54 Å². The lowest BCUT2D eigenvalue weighted by atomic mass is 9.79. The summed E-state index contributed by atoms with van der Waals surface area (Å²) in [5, 5.41) is 14.8. The lowest BCUT2D eigenvalue weighted by molar-refractivity contribution is -0.128. The summed E-state index contributed by atoms with van der Waals surface area (Å²) < 4.78 is 0. The van der Waals surface area contributed by atoms with Gasteiger partial charge < -0.3 is 16.3 Å². The highest BCUT2D eigenvalue weighted by Crippen LogP contribution is 2.28. The Balaban J connectivity index is 4.91. The molecule has 0 aromatic rings. The number of carbonyl (C=O) groups excluding carboxylic acids is 1. The summed E-state index contributed by atoms with van der Waals surface area (Å²) in [7, 11) is 0. The quantitative estimate of drug-likeness (QED) is 0.282. The fraction of sp³-hybridized carbons (Fsp3) is 0.846. The van der Waals surface area contributed by atoms with Crippen LogP contribution in [-0.4, -0.2) is 23.5 Å². The second-order valence-corrected chi connectivity index (χ2v) is 5.47. The van der Waals surface area contributed by atoms with Gasteiger partial charge in [-0.05, 0) is 24.7 Å². The Bertz CT molecular complexity index is 307. The lowest BCUT2D eigenvalue weighted by Gasteiger charge is -2.31. The summed E-state index contributed by atoms with van der Waals surface area (Å²) in [5.74, 6) is -0.177. The number of nitrogens with one attached hydrogen (secondary N) is 1. The molecule has 0 saturated carbocycles. The van der Waals surface area contributed by atoms with Gasteiger partial charge in [-0.2, -0.15) is 0 Å². The molecule has 0 fully saturated rings. The monoisotopic (exact) mass is 257 g/mol. The van der Waals surface area contributed by atoms with E-state index in [9.17, 15) is 4.79 Å². The molecule has 0 aromatic heterocycles. The molecule has 0 aliphatic heterocycles. The Kier molecular flexibility index (Phi) is 6.15. The van der Waals surface area contributed by atoms with E-state index in [2.05, 4.69) is 31.2 Å². The fourth-order valence-corrected chi connectivity index (χ4v) is 1.76. The number of oxime groups is 1. The first-order valence-electron chi connectivity index (χ1n) is 6.56. The van der Waals surface area contributed by atoms with Crippen LogP contribution in [0.5, 0.6) is 0 Å². The first-order chi connectivity index (χ1) is 8.29. The van der Waals surface area contributed by atoms with E-state index in [0.29, 0.717) is 19.4 Å². The number of hydrogen-bond donors (Lipinski definition) is 3. The van der Waals surface area contributed by atoms with E-state index in [0.717, 1.165) is 6.42 Å². The molecule has 18 heavy (non-hydrogen) atoms. The molecule has 0 saturated heterocycles. The molecule has 1 amide bonds. The van der Waals surface area contributed by atoms with Gasteiger partial charge in [0.25, 0.3) is 0 Å². The highest BCUT2D eigenvalue weighted by molar-refractivity contribution is 6.06. The second kappa shape index (κ2) is 6.61. The first kappa shape index (κ1) is 16.7. The lowest BCUT2D eigenvalue weighted by Crippen LogP contribution is -2.50. The van der Waals surface area contributed by atoms with Gasteiger partial charge in [-0.1, -0.05) is 39.8 Å². The molecule has 0 atom stereocenters. The average molecular weight is 257 g/mol. The minimum atomic E-state index is -0.904. The Labute approximate surface area is 110 Å². The maximum Gasteiger partial charge on any atom is 0.233 e. The van der Waals surface area contributed by atoms with E-state index in [1.54, 1.807) is 0 Å². The molecule has 0 aromatic carbocycles. The van der Waals surface area contributed by atoms with E-state index in [-0.39, 0.29) is 17.2 Å². The molecule has 106 valence electrons. The second-order valence-electron chi connectivity index (χ2n) is 5.47. The van der Waals surface area contributed by atoms with Crippen molar-refractivity contribution in [2.24, 2.45) is 21.7 Å². The fourth-order valence-electron chi connectivity index (χ4n) is 1.76. The Hall–Kier alpha value is -1.26. The van der Waals surface area contributed by atoms with E-state index < -0.39 is 5.41 Å². The van der Waals surface area contributed by atoms with Crippen molar-refractivity contribution in [3.8, 4) is 0 Å². The van der Waals surface area contributed by atoms with Crippen LogP contribution < -0.4 is 11.1 Å². The van der Waals surface area contributed by atoms with Crippen molar-refractivity contribution < 1.29 is 10.0 Å². The van der Waals surface area contributed by atoms with Crippen LogP contribution >= 0.6 is 0 Å². The van der Waals surface area contributed by atoms with Crippen LogP contribution in [0.15, 0.2) is 5.16 Å². The van der Waals surface area contributed by atoms with Gasteiger partial charge in [0.15, 0.2) is 5.84 Å². The Morgan fingerprint density at radius 3 is 2.06 bits per heavy atom. The van der Waals surface area contributed by atoms with Crippen molar-refractivity contribution >= 4 is 11.7 Å². The van der Waals surface area contributed by atoms with Gasteiger partial charge in [0.05, 0.1) is 0 Å². The predicted octanol–water partition coefficient (Wildman–Crippen LogP) is 2.09. The number of carbonyl (C=O) groups is 1. The molecule has 0 rings (SSSR count). The number of rotatable bonds is 7. The zero-order chi connectivity index (χ0) is 14.4. The zero-order valence-corrected chi connectivity index (χ0v) is 12.2. The minimum absolute atomic E-state index is 0.0145. The molecule has 0 unspecified atom stereocenters. The van der Waals surface area contributed by atoms with Gasteiger partial charge in [-0.3, -0.25) is 4.79 Å². The van der Waals surface area contributed by atoms with Crippen LogP contribution in [0.25, 0.3) is 0 Å². The first-order valence-corrected chi connectivity index (χ1v) is 6.56. The third kappa shape index (κ3) is 3.62. The molecule has 5 nitrogen and oxygen atoms in total. The van der Waals surface area contributed by atoms with Crippen molar-refractivity contribution in [1.82, 2.24) is 5.32 Å². The van der Waals surface area contributed by atoms with Crippen LogP contribution in [0.3, 0.4) is 0 Å². The number of nitrogens with two attached hydrogens (primary N) is 1. The number of hydrogen-bond acceptors (Lipinski definition) is 3. The van der Waals surface area contributed by atoms with Crippen LogP contribution in [0.2, 0.25) is 0 Å². The molecule has 0 aliphatic rings. The Morgan fingerprint density at radius 1 is 1.22 bits per heavy atom. The van der Waals surface area contributed by atoms with Gasteiger partial charge in [0, 0.05) is 6.54 Å². The molecule has 0 spiro atoms. The molecule has 0 aliphatic carbocycles. The molecule has 0 radical (unpaired) electrons. The van der Waals surface area contributed by atoms with Crippen molar-refractivity contribution in [2.45, 2.75) is 53.9 Å². The van der Waals surface area contributed by atoms with E-state index in [4.69, 9.17) is 10.9 Å². The number of nitrogens with zero attached hydrogens (tertiary/aromatic N) is 1. The predicted molar refractivity (Wildman–Crippen MR) is 73.5 cm³/mol. The molecule has 0 heterocycles. The average Bonchev–Trinajstić information content (AvgIpc) is 2.38. The third-order valence-electron chi connectivity index (χ3n) is 3.92. The maximum atomic E-state index is 12.3. The molecule has 5 heteroatoms. The van der Waals surface area contributed by atoms with Crippen LogP contribution in [0.1, 0.15) is 53.9 Å². The smallest absolute Gasteiger partial charge is 0.233 e. The topological polar surface area (TPSA) is 87.7 Å². The SMILES string of the molecule is CCC(C)(C)CNC(=O)C(CC)(CC)C(N)=NO. The van der Waals surface area contributed by atoms with Gasteiger partial charge in [-0.25, -0.2) is 0 Å². The minimum Gasteiger partial charge on any atom is -0.409 e. The van der Waals surface area contributed by atoms with E-state index >= 15 is 0 Å². The largest absolute Gasteiger partial charge is 0.409 e. The summed E-state index contributed by atoms with van der Waals surface area (Å²) in [5.41, 5.74) is 4.83. The third-order valence-corrected chi connectivity index (χ3v) is 3.92. The Morgan fingerprint density at radius 2 is 1.72 bits per heavy atom. The molecular weight excluding hydrogens is 230 g/mol. The van der Waals surface area contributed by atoms with Crippen LogP contribution in [0.4, 0.5) is 0 Å². The standard InChI is InChI=1S/C13H27N3O2/c1-6-12(4,5)9-15-11(17)13(7-2,8-3)10(14)16-18/h18H,6-9H2,1-5H3,(H2,14,16)(H,15,17). The van der Waals surface area contributed by atoms with Gasteiger partial charge in [0.1, 0.15) is 5.41 Å². The normalized spacial score (nSPS) is 13.5. The maximum absolute atomic E-state index is 12.3. The summed E-state index contributed by atoms with van der Waals surface area (Å²) in [6.45, 7) is 10.6. The van der Waals surface area contributed by atoms with Crippen molar-refractivity contribution in [1.29, 1.82) is 0 Å². The van der Waals surface area contributed by atoms with Crippen LogP contribution in [-0.2, 0) is 4.79 Å². The van der Waals surface area contributed by atoms with Crippen molar-refractivity contribution in [3.63, 3.8) is 0 Å². The summed E-state index contributed by atoms with van der Waals surface area (Å²) >= 11 is 0.